The van der Waals surface area contributed by atoms with E-state index in [1.165, 1.54) is 32.1 Å². The molecule has 0 radical (unpaired) electrons. The maximum atomic E-state index is 10.9. The molecule has 0 aromatic rings. The van der Waals surface area contributed by atoms with Gasteiger partial charge >= 0.3 is 6.16 Å². The summed E-state index contributed by atoms with van der Waals surface area (Å²) in [6.45, 7) is 8.55. The Bertz CT molecular complexity index is 227. The lowest BCUT2D eigenvalue weighted by Gasteiger charge is -2.33. The molecule has 0 aliphatic rings. The van der Waals surface area contributed by atoms with E-state index in [1.54, 1.807) is 0 Å². The second kappa shape index (κ2) is 9.42. The second-order valence-corrected chi connectivity index (χ2v) is 9.98. The Morgan fingerprint density at radius 2 is 1.67 bits per heavy atom. The molecule has 0 fully saturated rings. The molecule has 3 nitrogen and oxygen atoms in total. The van der Waals surface area contributed by atoms with E-state index in [1.807, 2.05) is 0 Å². The molecule has 18 heavy (non-hydrogen) atoms. The van der Waals surface area contributed by atoms with Crippen molar-refractivity contribution in [2.75, 3.05) is 0 Å². The van der Waals surface area contributed by atoms with Crippen LogP contribution in [0.25, 0.3) is 0 Å². The van der Waals surface area contributed by atoms with Crippen LogP contribution in [-0.2, 0) is 4.43 Å². The maximum absolute atomic E-state index is 10.9. The topological polar surface area (TPSA) is 46.5 Å². The molecule has 0 aromatic heterocycles. The van der Waals surface area contributed by atoms with Crippen molar-refractivity contribution in [3.8, 4) is 0 Å². The molecule has 0 saturated heterocycles. The van der Waals surface area contributed by atoms with E-state index in [4.69, 9.17) is 9.53 Å². The summed E-state index contributed by atoms with van der Waals surface area (Å²) in [6.07, 6.45) is 6.39. The SMILES string of the molecule is CCCCCCCC(C)[Si](CC)(CC)OC(=O)O. The normalized spacial score (nSPS) is 13.3. The van der Waals surface area contributed by atoms with Crippen LogP contribution in [0.1, 0.15) is 66.2 Å². The molecule has 4 heteroatoms. The van der Waals surface area contributed by atoms with Crippen molar-refractivity contribution in [2.45, 2.75) is 83.8 Å². The Balaban J connectivity index is 4.21. The Labute approximate surface area is 113 Å². The number of unbranched alkanes of at least 4 members (excludes halogenated alkanes) is 4. The molecule has 108 valence electrons. The highest BCUT2D eigenvalue weighted by Gasteiger charge is 2.40. The highest BCUT2D eigenvalue weighted by Crippen LogP contribution is 2.34. The van der Waals surface area contributed by atoms with Crippen molar-refractivity contribution in [3.05, 3.63) is 0 Å². The number of rotatable bonds is 10. The molecule has 1 unspecified atom stereocenters. The van der Waals surface area contributed by atoms with Gasteiger partial charge in [0.1, 0.15) is 0 Å². The van der Waals surface area contributed by atoms with Crippen LogP contribution in [0.3, 0.4) is 0 Å². The summed E-state index contributed by atoms with van der Waals surface area (Å²) in [4.78, 5) is 10.9. The molecule has 0 saturated carbocycles. The van der Waals surface area contributed by atoms with E-state index >= 15 is 0 Å². The monoisotopic (exact) mass is 274 g/mol. The Morgan fingerprint density at radius 1 is 1.11 bits per heavy atom. The molecule has 0 aromatic carbocycles. The minimum absolute atomic E-state index is 0.435. The second-order valence-electron chi connectivity index (χ2n) is 5.24. The lowest BCUT2D eigenvalue weighted by atomic mass is 10.1. The van der Waals surface area contributed by atoms with Gasteiger partial charge in [0.15, 0.2) is 0 Å². The van der Waals surface area contributed by atoms with Gasteiger partial charge in [-0.1, -0.05) is 59.8 Å². The first-order valence-electron chi connectivity index (χ1n) is 7.44. The van der Waals surface area contributed by atoms with E-state index in [2.05, 4.69) is 27.7 Å². The standard InChI is InChI=1S/C14H30O3Si/c1-5-8-9-10-11-12-13(4)18(6-2,7-3)17-14(15)16/h13H,5-12H2,1-4H3,(H,15,16). The van der Waals surface area contributed by atoms with Gasteiger partial charge in [0, 0.05) is 0 Å². The highest BCUT2D eigenvalue weighted by atomic mass is 28.4. The van der Waals surface area contributed by atoms with Crippen molar-refractivity contribution in [3.63, 3.8) is 0 Å². The van der Waals surface area contributed by atoms with Gasteiger partial charge in [-0.2, -0.15) is 0 Å². The molecule has 0 bridgehead atoms. The molecular formula is C14H30O3Si. The Kier molecular flexibility index (Phi) is 9.15. The van der Waals surface area contributed by atoms with Gasteiger partial charge in [-0.3, -0.25) is 0 Å². The summed E-state index contributed by atoms with van der Waals surface area (Å²) >= 11 is 0. The van der Waals surface area contributed by atoms with Gasteiger partial charge in [-0.05, 0) is 24.1 Å². The summed E-state index contributed by atoms with van der Waals surface area (Å²) in [5, 5.41) is 8.91. The number of carboxylic acid groups (broad SMARTS) is 1. The minimum atomic E-state index is -2.08. The first kappa shape index (κ1) is 17.5. The molecule has 0 heterocycles. The summed E-state index contributed by atoms with van der Waals surface area (Å²) < 4.78 is 5.33. The lowest BCUT2D eigenvalue weighted by Crippen LogP contribution is -2.42. The van der Waals surface area contributed by atoms with Crippen LogP contribution < -0.4 is 0 Å². The smallest absolute Gasteiger partial charge is 0.489 e. The van der Waals surface area contributed by atoms with E-state index < -0.39 is 14.5 Å². The van der Waals surface area contributed by atoms with Crippen LogP contribution in [-0.4, -0.2) is 19.6 Å². The first-order chi connectivity index (χ1) is 8.52. The van der Waals surface area contributed by atoms with Crippen molar-refractivity contribution >= 4 is 14.5 Å². The molecule has 0 amide bonds. The quantitative estimate of drug-likeness (QED) is 0.427. The third kappa shape index (κ3) is 5.89. The van der Waals surface area contributed by atoms with Crippen molar-refractivity contribution in [1.29, 1.82) is 0 Å². The molecule has 1 atom stereocenters. The summed E-state index contributed by atoms with van der Waals surface area (Å²) in [5.74, 6) is 0. The first-order valence-corrected chi connectivity index (χ1v) is 9.84. The van der Waals surface area contributed by atoms with Crippen LogP contribution in [0.2, 0.25) is 17.6 Å². The fourth-order valence-corrected chi connectivity index (χ4v) is 6.14. The Hall–Kier alpha value is -0.513. The van der Waals surface area contributed by atoms with Crippen LogP contribution in [0, 0.1) is 0 Å². The van der Waals surface area contributed by atoms with Gasteiger partial charge in [-0.25, -0.2) is 4.79 Å². The fraction of sp³-hybridized carbons (Fsp3) is 0.929. The fourth-order valence-electron chi connectivity index (χ4n) is 2.68. The van der Waals surface area contributed by atoms with Gasteiger partial charge < -0.3 is 9.53 Å². The minimum Gasteiger partial charge on any atom is -0.489 e. The van der Waals surface area contributed by atoms with Crippen molar-refractivity contribution < 1.29 is 14.3 Å². The van der Waals surface area contributed by atoms with Gasteiger partial charge in [-0.15, -0.1) is 0 Å². The van der Waals surface area contributed by atoms with E-state index in [-0.39, 0.29) is 0 Å². The zero-order valence-corrected chi connectivity index (χ0v) is 13.5. The number of carbonyl (C=O) groups is 1. The zero-order chi connectivity index (χ0) is 14.0. The maximum Gasteiger partial charge on any atom is 0.491 e. The summed E-state index contributed by atoms with van der Waals surface area (Å²) in [6, 6.07) is 1.79. The van der Waals surface area contributed by atoms with Gasteiger partial charge in [0.25, 0.3) is 8.32 Å². The average molecular weight is 274 g/mol. The summed E-state index contributed by atoms with van der Waals surface area (Å²) in [7, 11) is -2.08. The molecule has 0 spiro atoms. The molecular weight excluding hydrogens is 244 g/mol. The third-order valence-corrected chi connectivity index (χ3v) is 9.19. The van der Waals surface area contributed by atoms with E-state index in [0.717, 1.165) is 18.5 Å². The highest BCUT2D eigenvalue weighted by molar-refractivity contribution is 6.76. The number of hydrogen-bond donors (Lipinski definition) is 1. The van der Waals surface area contributed by atoms with Crippen LogP contribution >= 0.6 is 0 Å². The molecule has 1 N–H and O–H groups in total. The zero-order valence-electron chi connectivity index (χ0n) is 12.5. The van der Waals surface area contributed by atoms with Gasteiger partial charge in [0.2, 0.25) is 0 Å². The van der Waals surface area contributed by atoms with Crippen LogP contribution in [0.4, 0.5) is 4.79 Å². The van der Waals surface area contributed by atoms with E-state index in [0.29, 0.717) is 5.54 Å². The van der Waals surface area contributed by atoms with Crippen molar-refractivity contribution in [1.82, 2.24) is 0 Å². The van der Waals surface area contributed by atoms with Gasteiger partial charge in [0.05, 0.1) is 0 Å². The largest absolute Gasteiger partial charge is 0.491 e. The van der Waals surface area contributed by atoms with Crippen LogP contribution in [0.5, 0.6) is 0 Å². The lowest BCUT2D eigenvalue weighted by molar-refractivity contribution is 0.139. The average Bonchev–Trinajstić information content (AvgIpc) is 2.35. The molecule has 0 aliphatic carbocycles. The molecule has 0 aliphatic heterocycles. The van der Waals surface area contributed by atoms with Crippen molar-refractivity contribution in [2.24, 2.45) is 0 Å². The predicted octanol–water partition coefficient (Wildman–Crippen LogP) is 5.42. The number of hydrogen-bond acceptors (Lipinski definition) is 2. The third-order valence-electron chi connectivity index (χ3n) is 4.13. The summed E-state index contributed by atoms with van der Waals surface area (Å²) in [5.41, 5.74) is 0.435. The predicted molar refractivity (Wildman–Crippen MR) is 78.6 cm³/mol. The Morgan fingerprint density at radius 3 is 2.11 bits per heavy atom. The van der Waals surface area contributed by atoms with E-state index in [9.17, 15) is 4.79 Å². The van der Waals surface area contributed by atoms with Crippen LogP contribution in [0.15, 0.2) is 0 Å². The molecule has 0 rings (SSSR count).